The van der Waals surface area contributed by atoms with Crippen molar-refractivity contribution in [2.75, 3.05) is 12.4 Å². The fourth-order valence-corrected chi connectivity index (χ4v) is 3.21. The SMILES string of the molecule is O=S(=O)(NCCCCCl)c1cccs1. The molecule has 80 valence electrons. The van der Waals surface area contributed by atoms with E-state index < -0.39 is 10.0 Å². The van der Waals surface area contributed by atoms with Gasteiger partial charge in [-0.15, -0.1) is 22.9 Å². The molecule has 1 rings (SSSR count). The maximum Gasteiger partial charge on any atom is 0.250 e. The van der Waals surface area contributed by atoms with Crippen LogP contribution in [0.1, 0.15) is 12.8 Å². The second-order valence-corrected chi connectivity index (χ2v) is 6.05. The number of thiophene rings is 1. The minimum atomic E-state index is -3.27. The number of hydrogen-bond donors (Lipinski definition) is 1. The van der Waals surface area contributed by atoms with Crippen LogP contribution < -0.4 is 4.72 Å². The van der Waals surface area contributed by atoms with E-state index in [1.54, 1.807) is 17.5 Å². The van der Waals surface area contributed by atoms with Gasteiger partial charge in [-0.2, -0.15) is 0 Å². The number of rotatable bonds is 6. The Bertz CT molecular complexity index is 347. The second-order valence-electron chi connectivity index (χ2n) is 2.73. The normalized spacial score (nSPS) is 11.8. The van der Waals surface area contributed by atoms with Gasteiger partial charge in [-0.05, 0) is 24.3 Å². The molecule has 1 aromatic heterocycles. The summed E-state index contributed by atoms with van der Waals surface area (Å²) < 4.78 is 25.9. The van der Waals surface area contributed by atoms with E-state index >= 15 is 0 Å². The van der Waals surface area contributed by atoms with Crippen molar-refractivity contribution in [3.63, 3.8) is 0 Å². The first-order chi connectivity index (χ1) is 6.67. The average molecular weight is 254 g/mol. The fraction of sp³-hybridized carbons (Fsp3) is 0.500. The summed E-state index contributed by atoms with van der Waals surface area (Å²) in [6.07, 6.45) is 1.60. The summed E-state index contributed by atoms with van der Waals surface area (Å²) in [7, 11) is -3.27. The third-order valence-corrected chi connectivity index (χ3v) is 4.74. The highest BCUT2D eigenvalue weighted by molar-refractivity contribution is 7.91. The van der Waals surface area contributed by atoms with E-state index in [0.29, 0.717) is 16.6 Å². The van der Waals surface area contributed by atoms with E-state index in [1.165, 1.54) is 11.3 Å². The molecule has 0 aromatic carbocycles. The topological polar surface area (TPSA) is 46.2 Å². The second kappa shape index (κ2) is 5.70. The Morgan fingerprint density at radius 3 is 2.79 bits per heavy atom. The van der Waals surface area contributed by atoms with Crippen LogP contribution in [0.3, 0.4) is 0 Å². The van der Waals surface area contributed by atoms with E-state index in [4.69, 9.17) is 11.6 Å². The Balaban J connectivity index is 2.44. The molecule has 0 radical (unpaired) electrons. The van der Waals surface area contributed by atoms with Gasteiger partial charge in [0.15, 0.2) is 0 Å². The molecule has 0 aliphatic heterocycles. The van der Waals surface area contributed by atoms with Crippen molar-refractivity contribution >= 4 is 33.0 Å². The predicted molar refractivity (Wildman–Crippen MR) is 59.5 cm³/mol. The molecule has 1 aromatic rings. The van der Waals surface area contributed by atoms with Crippen LogP contribution >= 0.6 is 22.9 Å². The summed E-state index contributed by atoms with van der Waals surface area (Å²) in [6.45, 7) is 0.451. The van der Waals surface area contributed by atoms with Crippen molar-refractivity contribution < 1.29 is 8.42 Å². The summed E-state index contributed by atoms with van der Waals surface area (Å²) in [5, 5.41) is 1.74. The Labute approximate surface area is 93.1 Å². The van der Waals surface area contributed by atoms with Gasteiger partial charge in [0.25, 0.3) is 0 Å². The first-order valence-electron chi connectivity index (χ1n) is 4.26. The molecule has 0 aliphatic rings. The number of unbranched alkanes of at least 4 members (excludes halogenated alkanes) is 1. The van der Waals surface area contributed by atoms with Crippen LogP contribution in [0.15, 0.2) is 21.7 Å². The first-order valence-corrected chi connectivity index (χ1v) is 7.15. The molecule has 0 amide bonds. The van der Waals surface area contributed by atoms with E-state index in [9.17, 15) is 8.42 Å². The highest BCUT2D eigenvalue weighted by Crippen LogP contribution is 2.14. The molecule has 0 bridgehead atoms. The molecule has 6 heteroatoms. The maximum absolute atomic E-state index is 11.5. The maximum atomic E-state index is 11.5. The number of hydrogen-bond acceptors (Lipinski definition) is 3. The molecule has 1 N–H and O–H groups in total. The van der Waals surface area contributed by atoms with Crippen LogP contribution in [0.2, 0.25) is 0 Å². The first kappa shape index (κ1) is 12.0. The molecule has 0 spiro atoms. The summed E-state index contributed by atoms with van der Waals surface area (Å²) in [6, 6.07) is 3.31. The lowest BCUT2D eigenvalue weighted by Crippen LogP contribution is -2.23. The van der Waals surface area contributed by atoms with Crippen LogP contribution in [0.5, 0.6) is 0 Å². The van der Waals surface area contributed by atoms with Gasteiger partial charge in [0.2, 0.25) is 10.0 Å². The van der Waals surface area contributed by atoms with Crippen molar-refractivity contribution in [3.05, 3.63) is 17.5 Å². The minimum absolute atomic E-state index is 0.364. The van der Waals surface area contributed by atoms with E-state index in [0.717, 1.165) is 12.8 Å². The quantitative estimate of drug-likeness (QED) is 0.623. The van der Waals surface area contributed by atoms with Gasteiger partial charge in [0.05, 0.1) is 0 Å². The minimum Gasteiger partial charge on any atom is -0.210 e. The summed E-state index contributed by atoms with van der Waals surface area (Å²) in [5.74, 6) is 0.570. The Morgan fingerprint density at radius 2 is 2.21 bits per heavy atom. The van der Waals surface area contributed by atoms with E-state index in [2.05, 4.69) is 4.72 Å². The van der Waals surface area contributed by atoms with E-state index in [1.807, 2.05) is 0 Å². The van der Waals surface area contributed by atoms with Crippen LogP contribution in [0.25, 0.3) is 0 Å². The van der Waals surface area contributed by atoms with Gasteiger partial charge in [-0.3, -0.25) is 0 Å². The standard InChI is InChI=1S/C8H12ClNO2S2/c9-5-1-2-6-10-14(11,12)8-4-3-7-13-8/h3-4,7,10H,1-2,5-6H2. The molecule has 0 saturated heterocycles. The molecular weight excluding hydrogens is 242 g/mol. The van der Waals surface area contributed by atoms with Crippen LogP contribution in [0, 0.1) is 0 Å². The number of nitrogens with one attached hydrogen (secondary N) is 1. The van der Waals surface area contributed by atoms with Crippen molar-refractivity contribution in [1.29, 1.82) is 0 Å². The van der Waals surface area contributed by atoms with Crippen LogP contribution in [-0.2, 0) is 10.0 Å². The Morgan fingerprint density at radius 1 is 1.43 bits per heavy atom. The highest BCUT2D eigenvalue weighted by atomic mass is 35.5. The summed E-state index contributed by atoms with van der Waals surface area (Å²) in [5.41, 5.74) is 0. The van der Waals surface area contributed by atoms with Crippen LogP contribution in [-0.4, -0.2) is 20.8 Å². The smallest absolute Gasteiger partial charge is 0.210 e. The zero-order valence-corrected chi connectivity index (χ0v) is 9.96. The van der Waals surface area contributed by atoms with Gasteiger partial charge < -0.3 is 0 Å². The largest absolute Gasteiger partial charge is 0.250 e. The summed E-state index contributed by atoms with van der Waals surface area (Å²) >= 11 is 6.69. The van der Waals surface area contributed by atoms with Crippen molar-refractivity contribution in [2.24, 2.45) is 0 Å². The van der Waals surface area contributed by atoms with E-state index in [-0.39, 0.29) is 0 Å². The van der Waals surface area contributed by atoms with Crippen molar-refractivity contribution in [2.45, 2.75) is 17.1 Å². The molecule has 0 fully saturated rings. The molecule has 0 unspecified atom stereocenters. The number of alkyl halides is 1. The molecule has 1 heterocycles. The lowest BCUT2D eigenvalue weighted by Gasteiger charge is -2.02. The van der Waals surface area contributed by atoms with Gasteiger partial charge in [-0.1, -0.05) is 6.07 Å². The van der Waals surface area contributed by atoms with Gasteiger partial charge >= 0.3 is 0 Å². The molecule has 0 saturated carbocycles. The average Bonchev–Trinajstić information content (AvgIpc) is 2.65. The number of halogens is 1. The molecule has 0 aliphatic carbocycles. The molecular formula is C8H12ClNO2S2. The lowest BCUT2D eigenvalue weighted by atomic mass is 10.3. The Hall–Kier alpha value is -0.100. The molecule has 14 heavy (non-hydrogen) atoms. The zero-order valence-electron chi connectivity index (χ0n) is 7.57. The lowest BCUT2D eigenvalue weighted by molar-refractivity contribution is 0.580. The number of sulfonamides is 1. The third kappa shape index (κ3) is 3.57. The third-order valence-electron chi connectivity index (χ3n) is 1.61. The highest BCUT2D eigenvalue weighted by Gasteiger charge is 2.13. The monoisotopic (exact) mass is 253 g/mol. The fourth-order valence-electron chi connectivity index (χ4n) is 0.914. The van der Waals surface area contributed by atoms with Crippen LogP contribution in [0.4, 0.5) is 0 Å². The van der Waals surface area contributed by atoms with Crippen molar-refractivity contribution in [3.8, 4) is 0 Å². The Kier molecular flexibility index (Phi) is 4.88. The van der Waals surface area contributed by atoms with Gasteiger partial charge in [0, 0.05) is 12.4 Å². The summed E-state index contributed by atoms with van der Waals surface area (Å²) in [4.78, 5) is 0. The zero-order chi connectivity index (χ0) is 10.4. The predicted octanol–water partition coefficient (Wildman–Crippen LogP) is 2.05. The molecule has 3 nitrogen and oxygen atoms in total. The van der Waals surface area contributed by atoms with Gasteiger partial charge in [0.1, 0.15) is 4.21 Å². The van der Waals surface area contributed by atoms with Gasteiger partial charge in [-0.25, -0.2) is 13.1 Å². The van der Waals surface area contributed by atoms with Crippen molar-refractivity contribution in [1.82, 2.24) is 4.72 Å². The molecule has 0 atom stereocenters.